The number of aryl methyl sites for hydroxylation is 1. The number of hydrogen-bond donors (Lipinski definition) is 1. The van der Waals surface area contributed by atoms with Crippen LogP contribution in [0, 0.1) is 0 Å². The maximum atomic E-state index is 10.1. The number of hydrogen-bond acceptors (Lipinski definition) is 4. The van der Waals surface area contributed by atoms with E-state index in [1.54, 1.807) is 0 Å². The van der Waals surface area contributed by atoms with E-state index in [9.17, 15) is 5.11 Å². The summed E-state index contributed by atoms with van der Waals surface area (Å²) in [5.41, 5.74) is 1.29. The quantitative estimate of drug-likeness (QED) is 0.872. The van der Waals surface area contributed by atoms with Crippen molar-refractivity contribution in [3.8, 4) is 5.75 Å². The van der Waals surface area contributed by atoms with Crippen LogP contribution in [0.2, 0.25) is 0 Å². The molecule has 1 aromatic carbocycles. The third-order valence-corrected chi connectivity index (χ3v) is 3.74. The summed E-state index contributed by atoms with van der Waals surface area (Å²) < 4.78 is 11.3. The number of ether oxygens (including phenoxy) is 2. The molecule has 0 saturated carbocycles. The van der Waals surface area contributed by atoms with E-state index in [2.05, 4.69) is 37.8 Å². The van der Waals surface area contributed by atoms with Crippen molar-refractivity contribution in [2.24, 2.45) is 0 Å². The molecule has 0 amide bonds. The fraction of sp³-hybridized carbons (Fsp3) is 0.647. The van der Waals surface area contributed by atoms with Crippen LogP contribution in [0.25, 0.3) is 0 Å². The van der Waals surface area contributed by atoms with Gasteiger partial charge in [0, 0.05) is 19.6 Å². The molecule has 1 heterocycles. The zero-order valence-corrected chi connectivity index (χ0v) is 13.3. The van der Waals surface area contributed by atoms with Crippen molar-refractivity contribution in [3.05, 3.63) is 29.8 Å². The second kappa shape index (κ2) is 7.78. The van der Waals surface area contributed by atoms with E-state index in [0.29, 0.717) is 13.2 Å². The lowest BCUT2D eigenvalue weighted by Gasteiger charge is -2.36. The van der Waals surface area contributed by atoms with Crippen LogP contribution in [-0.2, 0) is 11.2 Å². The minimum Gasteiger partial charge on any atom is -0.491 e. The summed E-state index contributed by atoms with van der Waals surface area (Å²) in [6, 6.07) is 8.05. The highest BCUT2D eigenvalue weighted by atomic mass is 16.5. The van der Waals surface area contributed by atoms with Gasteiger partial charge in [-0.25, -0.2) is 0 Å². The number of aliphatic hydroxyl groups excluding tert-OH is 1. The van der Waals surface area contributed by atoms with Gasteiger partial charge in [-0.15, -0.1) is 0 Å². The average Bonchev–Trinajstić information content (AvgIpc) is 2.44. The van der Waals surface area contributed by atoms with Gasteiger partial charge in [0.25, 0.3) is 0 Å². The molecule has 1 aliphatic rings. The lowest BCUT2D eigenvalue weighted by atomic mass is 10.2. The predicted molar refractivity (Wildman–Crippen MR) is 83.8 cm³/mol. The highest BCUT2D eigenvalue weighted by Gasteiger charge is 2.23. The van der Waals surface area contributed by atoms with Crippen molar-refractivity contribution in [3.63, 3.8) is 0 Å². The first kappa shape index (κ1) is 16.3. The van der Waals surface area contributed by atoms with Crippen LogP contribution in [0.3, 0.4) is 0 Å². The standard InChI is InChI=1S/C17H27NO3/c1-4-15-5-7-17(8-6-15)20-12-16(19)11-18-9-13(2)21-14(3)10-18/h5-8,13-14,16,19H,4,9-12H2,1-3H3/t13-,14-,16+/m0/s1. The average molecular weight is 293 g/mol. The number of morpholine rings is 1. The largest absolute Gasteiger partial charge is 0.491 e. The Morgan fingerprint density at radius 3 is 2.43 bits per heavy atom. The van der Waals surface area contributed by atoms with Crippen LogP contribution in [0.15, 0.2) is 24.3 Å². The summed E-state index contributed by atoms with van der Waals surface area (Å²) in [6.07, 6.45) is 0.997. The van der Waals surface area contributed by atoms with Gasteiger partial charge in [-0.3, -0.25) is 4.90 Å². The third kappa shape index (κ3) is 5.30. The molecule has 4 nitrogen and oxygen atoms in total. The fourth-order valence-electron chi connectivity index (χ4n) is 2.80. The molecule has 2 rings (SSSR count). The molecule has 1 aromatic rings. The van der Waals surface area contributed by atoms with E-state index in [1.165, 1.54) is 5.56 Å². The number of aliphatic hydroxyl groups is 1. The molecule has 3 atom stereocenters. The topological polar surface area (TPSA) is 41.9 Å². The molecule has 0 unspecified atom stereocenters. The molecule has 1 saturated heterocycles. The third-order valence-electron chi connectivity index (χ3n) is 3.74. The van der Waals surface area contributed by atoms with Crippen LogP contribution < -0.4 is 4.74 Å². The SMILES string of the molecule is CCc1ccc(OC[C@H](O)CN2C[C@H](C)O[C@@H](C)C2)cc1. The van der Waals surface area contributed by atoms with E-state index in [0.717, 1.165) is 25.3 Å². The van der Waals surface area contributed by atoms with Crippen LogP contribution in [0.4, 0.5) is 0 Å². The van der Waals surface area contributed by atoms with Crippen LogP contribution in [0.5, 0.6) is 5.75 Å². The van der Waals surface area contributed by atoms with E-state index in [4.69, 9.17) is 9.47 Å². The van der Waals surface area contributed by atoms with E-state index >= 15 is 0 Å². The molecular formula is C17H27NO3. The van der Waals surface area contributed by atoms with Crippen molar-refractivity contribution in [1.29, 1.82) is 0 Å². The highest BCUT2D eigenvalue weighted by molar-refractivity contribution is 5.27. The van der Waals surface area contributed by atoms with Crippen molar-refractivity contribution in [2.45, 2.75) is 45.5 Å². The Morgan fingerprint density at radius 2 is 1.86 bits per heavy atom. The Labute approximate surface area is 127 Å². The molecule has 0 radical (unpaired) electrons. The zero-order valence-electron chi connectivity index (χ0n) is 13.3. The molecular weight excluding hydrogens is 266 g/mol. The molecule has 0 spiro atoms. The van der Waals surface area contributed by atoms with Crippen molar-refractivity contribution < 1.29 is 14.6 Å². The Morgan fingerprint density at radius 1 is 1.24 bits per heavy atom. The van der Waals surface area contributed by atoms with Gasteiger partial charge >= 0.3 is 0 Å². The monoisotopic (exact) mass is 293 g/mol. The van der Waals surface area contributed by atoms with Crippen LogP contribution >= 0.6 is 0 Å². The van der Waals surface area contributed by atoms with E-state index < -0.39 is 6.10 Å². The maximum Gasteiger partial charge on any atom is 0.119 e. The Kier molecular flexibility index (Phi) is 6.03. The molecule has 0 bridgehead atoms. The number of benzene rings is 1. The highest BCUT2D eigenvalue weighted by Crippen LogP contribution is 2.14. The van der Waals surface area contributed by atoms with Crippen molar-refractivity contribution in [2.75, 3.05) is 26.2 Å². The smallest absolute Gasteiger partial charge is 0.119 e. The van der Waals surface area contributed by atoms with Gasteiger partial charge < -0.3 is 14.6 Å². The fourth-order valence-corrected chi connectivity index (χ4v) is 2.80. The minimum atomic E-state index is -0.478. The number of rotatable bonds is 6. The second-order valence-corrected chi connectivity index (χ2v) is 5.94. The lowest BCUT2D eigenvalue weighted by molar-refractivity contribution is -0.0786. The second-order valence-electron chi connectivity index (χ2n) is 5.94. The van der Waals surface area contributed by atoms with Gasteiger partial charge in [0.15, 0.2) is 0 Å². The Hall–Kier alpha value is -1.10. The maximum absolute atomic E-state index is 10.1. The van der Waals surface area contributed by atoms with E-state index in [-0.39, 0.29) is 12.2 Å². The van der Waals surface area contributed by atoms with Gasteiger partial charge in [0.2, 0.25) is 0 Å². The summed E-state index contributed by atoms with van der Waals surface area (Å²) in [4.78, 5) is 2.24. The number of nitrogens with zero attached hydrogens (tertiary/aromatic N) is 1. The molecule has 1 aliphatic heterocycles. The molecule has 1 N–H and O–H groups in total. The zero-order chi connectivity index (χ0) is 15.2. The van der Waals surface area contributed by atoms with E-state index in [1.807, 2.05) is 12.1 Å². The first-order valence-corrected chi connectivity index (χ1v) is 7.84. The first-order valence-electron chi connectivity index (χ1n) is 7.84. The molecule has 1 fully saturated rings. The van der Waals surface area contributed by atoms with Crippen molar-refractivity contribution >= 4 is 0 Å². The Balaban J connectivity index is 1.74. The number of β-amino-alcohol motifs (C(OH)–C–C–N with tert-alkyl or cyclic N) is 1. The van der Waals surface area contributed by atoms with Gasteiger partial charge in [-0.2, -0.15) is 0 Å². The molecule has 0 aliphatic carbocycles. The summed E-state index contributed by atoms with van der Waals surface area (Å²) in [5.74, 6) is 0.815. The van der Waals surface area contributed by atoms with Gasteiger partial charge in [0.05, 0.1) is 12.2 Å². The van der Waals surface area contributed by atoms with Crippen molar-refractivity contribution in [1.82, 2.24) is 4.90 Å². The summed E-state index contributed by atoms with van der Waals surface area (Å²) in [6.45, 7) is 8.96. The molecule has 118 valence electrons. The minimum absolute atomic E-state index is 0.225. The summed E-state index contributed by atoms with van der Waals surface area (Å²) >= 11 is 0. The first-order chi connectivity index (χ1) is 10.1. The summed E-state index contributed by atoms with van der Waals surface area (Å²) in [5, 5.41) is 10.1. The summed E-state index contributed by atoms with van der Waals surface area (Å²) in [7, 11) is 0. The molecule has 0 aromatic heterocycles. The Bertz CT molecular complexity index is 411. The predicted octanol–water partition coefficient (Wildman–Crippen LogP) is 2.10. The molecule has 21 heavy (non-hydrogen) atoms. The lowest BCUT2D eigenvalue weighted by Crippen LogP contribution is -2.48. The normalized spacial score (nSPS) is 24.8. The van der Waals surface area contributed by atoms with Crippen LogP contribution in [-0.4, -0.2) is 54.6 Å². The van der Waals surface area contributed by atoms with Gasteiger partial charge in [0.1, 0.15) is 18.5 Å². The molecule has 4 heteroatoms. The van der Waals surface area contributed by atoms with Gasteiger partial charge in [-0.05, 0) is 38.0 Å². The van der Waals surface area contributed by atoms with Gasteiger partial charge in [-0.1, -0.05) is 19.1 Å². The van der Waals surface area contributed by atoms with Crippen LogP contribution in [0.1, 0.15) is 26.3 Å².